The minimum Gasteiger partial charge on any atom is -0.218 e. The van der Waals surface area contributed by atoms with Crippen LogP contribution < -0.4 is 0 Å². The molecule has 0 aromatic rings. The van der Waals surface area contributed by atoms with Crippen LogP contribution in [0.4, 0.5) is 0 Å². The van der Waals surface area contributed by atoms with E-state index in [4.69, 9.17) is 0 Å². The third-order valence-corrected chi connectivity index (χ3v) is 4.37. The normalized spacial score (nSPS) is 19.6. The summed E-state index contributed by atoms with van der Waals surface area (Å²) in [5, 5.41) is 0. The smallest absolute Gasteiger partial charge is 0.207 e. The average molecular weight is 248 g/mol. The zero-order valence-electron chi connectivity index (χ0n) is 10.1. The first-order valence-electron chi connectivity index (χ1n) is 5.28. The minimum atomic E-state index is -3.45. The van der Waals surface area contributed by atoms with E-state index in [2.05, 4.69) is 13.2 Å². The van der Waals surface area contributed by atoms with Gasteiger partial charge in [0, 0.05) is 11.1 Å². The Balaban J connectivity index is 3.72. The second-order valence-electron chi connectivity index (χ2n) is 3.47. The number of hydrogen-bond acceptors (Lipinski definition) is 2. The fourth-order valence-electron chi connectivity index (χ4n) is 1.79. The van der Waals surface area contributed by atoms with Crippen molar-refractivity contribution in [3.8, 4) is 0 Å². The lowest BCUT2D eigenvalue weighted by molar-refractivity contribution is 0.610. The molecule has 0 spiro atoms. The third kappa shape index (κ3) is 2.11. The van der Waals surface area contributed by atoms with Gasteiger partial charge in [0.2, 0.25) is 9.84 Å². The zero-order valence-corrected chi connectivity index (χ0v) is 10.9. The van der Waals surface area contributed by atoms with Crippen molar-refractivity contribution < 1.29 is 8.42 Å². The van der Waals surface area contributed by atoms with Gasteiger partial charge in [-0.1, -0.05) is 37.5 Å². The highest BCUT2D eigenvalue weighted by atomic mass is 32.2. The molecule has 0 aliphatic carbocycles. The summed E-state index contributed by atoms with van der Waals surface area (Å²) in [6.45, 7) is 10.8. The summed E-state index contributed by atoms with van der Waals surface area (Å²) in [5.74, 6) is 0. The molecule has 1 aliphatic rings. The first-order valence-corrected chi connectivity index (χ1v) is 6.77. The van der Waals surface area contributed by atoms with E-state index in [-0.39, 0.29) is 9.81 Å². The van der Waals surface area contributed by atoms with Crippen molar-refractivity contribution in [2.75, 3.05) is 0 Å². The molecule has 0 N–H and O–H groups in total. The van der Waals surface area contributed by atoms with Crippen molar-refractivity contribution >= 4 is 9.84 Å². The molecule has 0 amide bonds. The van der Waals surface area contributed by atoms with Crippen LogP contribution in [0.1, 0.15) is 13.8 Å². The SMILES string of the molecule is C=CC1=C(/C=C\C)C(/C=C\C)=C(C=C)S1(=O)=O. The quantitative estimate of drug-likeness (QED) is 0.763. The molecule has 3 heteroatoms. The van der Waals surface area contributed by atoms with Gasteiger partial charge in [0.25, 0.3) is 0 Å². The number of sulfone groups is 1. The fourth-order valence-corrected chi connectivity index (χ4v) is 3.40. The van der Waals surface area contributed by atoms with E-state index < -0.39 is 9.84 Å². The standard InChI is InChI=1S/C14H16O2S/c1-5-9-11-12(10-6-2)14(8-4)17(15,16)13(11)7-3/h5-10H,3-4H2,1-2H3/b9-5-,10-6-. The Hall–Kier alpha value is -1.61. The lowest BCUT2D eigenvalue weighted by Gasteiger charge is -1.98. The van der Waals surface area contributed by atoms with Crippen LogP contribution in [0, 0.1) is 0 Å². The Morgan fingerprint density at radius 2 is 1.24 bits per heavy atom. The molecule has 90 valence electrons. The van der Waals surface area contributed by atoms with Crippen LogP contribution >= 0.6 is 0 Å². The Morgan fingerprint density at radius 1 is 0.882 bits per heavy atom. The first-order chi connectivity index (χ1) is 8.04. The van der Waals surface area contributed by atoms with E-state index in [0.717, 1.165) is 0 Å². The molecular formula is C14H16O2S. The van der Waals surface area contributed by atoms with Crippen LogP contribution in [-0.4, -0.2) is 8.42 Å². The van der Waals surface area contributed by atoms with Gasteiger partial charge in [-0.15, -0.1) is 0 Å². The van der Waals surface area contributed by atoms with Crippen molar-refractivity contribution in [3.05, 3.63) is 70.6 Å². The average Bonchev–Trinajstić information content (AvgIpc) is 2.47. The van der Waals surface area contributed by atoms with E-state index >= 15 is 0 Å². The summed E-state index contributed by atoms with van der Waals surface area (Å²) in [5.41, 5.74) is 1.35. The lowest BCUT2D eigenvalue weighted by Crippen LogP contribution is -1.99. The summed E-state index contributed by atoms with van der Waals surface area (Å²) >= 11 is 0. The van der Waals surface area contributed by atoms with Crippen molar-refractivity contribution in [3.63, 3.8) is 0 Å². The Bertz CT molecular complexity index is 521. The molecule has 0 radical (unpaired) electrons. The van der Waals surface area contributed by atoms with Gasteiger partial charge in [-0.05, 0) is 26.0 Å². The van der Waals surface area contributed by atoms with E-state index in [1.54, 1.807) is 12.2 Å². The van der Waals surface area contributed by atoms with Gasteiger partial charge >= 0.3 is 0 Å². The van der Waals surface area contributed by atoms with Crippen molar-refractivity contribution in [2.45, 2.75) is 13.8 Å². The largest absolute Gasteiger partial charge is 0.218 e. The van der Waals surface area contributed by atoms with Crippen LogP contribution in [0.25, 0.3) is 0 Å². The number of allylic oxidation sites excluding steroid dienone is 8. The van der Waals surface area contributed by atoms with Crippen LogP contribution in [-0.2, 0) is 9.84 Å². The molecule has 0 bridgehead atoms. The maximum atomic E-state index is 12.2. The number of rotatable bonds is 4. The second-order valence-corrected chi connectivity index (χ2v) is 5.35. The summed E-state index contributed by atoms with van der Waals surface area (Å²) < 4.78 is 24.4. The highest BCUT2D eigenvalue weighted by Crippen LogP contribution is 2.38. The minimum absolute atomic E-state index is 0.249. The van der Waals surface area contributed by atoms with Crippen LogP contribution in [0.3, 0.4) is 0 Å². The monoisotopic (exact) mass is 248 g/mol. The van der Waals surface area contributed by atoms with E-state index in [0.29, 0.717) is 11.1 Å². The molecule has 1 rings (SSSR count). The van der Waals surface area contributed by atoms with Gasteiger partial charge in [-0.25, -0.2) is 8.42 Å². The molecule has 0 fully saturated rings. The van der Waals surface area contributed by atoms with Crippen molar-refractivity contribution in [1.82, 2.24) is 0 Å². The summed E-state index contributed by atoms with van der Waals surface area (Å²) in [4.78, 5) is 0.497. The first kappa shape index (κ1) is 13.5. The zero-order chi connectivity index (χ0) is 13.1. The van der Waals surface area contributed by atoms with Crippen molar-refractivity contribution in [1.29, 1.82) is 0 Å². The van der Waals surface area contributed by atoms with Crippen LogP contribution in [0.2, 0.25) is 0 Å². The van der Waals surface area contributed by atoms with E-state index in [1.807, 2.05) is 26.0 Å². The second kappa shape index (κ2) is 5.15. The highest BCUT2D eigenvalue weighted by molar-refractivity contribution is 7.99. The van der Waals surface area contributed by atoms with Crippen molar-refractivity contribution in [2.24, 2.45) is 0 Å². The van der Waals surface area contributed by atoms with Gasteiger partial charge in [0.15, 0.2) is 0 Å². The van der Waals surface area contributed by atoms with Crippen LogP contribution in [0.15, 0.2) is 70.6 Å². The number of hydrogen-bond donors (Lipinski definition) is 0. The predicted molar refractivity (Wildman–Crippen MR) is 73.0 cm³/mol. The molecule has 0 saturated heterocycles. The molecule has 0 unspecified atom stereocenters. The van der Waals surface area contributed by atoms with E-state index in [1.165, 1.54) is 12.2 Å². The van der Waals surface area contributed by atoms with Gasteiger partial charge < -0.3 is 0 Å². The topological polar surface area (TPSA) is 34.1 Å². The summed E-state index contributed by atoms with van der Waals surface area (Å²) in [7, 11) is -3.45. The molecule has 0 saturated carbocycles. The maximum Gasteiger partial charge on any atom is 0.207 e. The Kier molecular flexibility index (Phi) is 4.07. The molecule has 0 aromatic carbocycles. The molecule has 1 heterocycles. The summed E-state index contributed by atoms with van der Waals surface area (Å²) in [6, 6.07) is 0. The third-order valence-electron chi connectivity index (χ3n) is 2.44. The fraction of sp³-hybridized carbons (Fsp3) is 0.143. The van der Waals surface area contributed by atoms with Gasteiger partial charge in [0.1, 0.15) is 0 Å². The summed E-state index contributed by atoms with van der Waals surface area (Å²) in [6.07, 6.45) is 9.93. The van der Waals surface area contributed by atoms with Gasteiger partial charge in [0.05, 0.1) is 9.81 Å². The molecule has 0 atom stereocenters. The van der Waals surface area contributed by atoms with Gasteiger partial charge in [-0.3, -0.25) is 0 Å². The lowest BCUT2D eigenvalue weighted by atomic mass is 10.0. The highest BCUT2D eigenvalue weighted by Gasteiger charge is 2.32. The Morgan fingerprint density at radius 3 is 1.47 bits per heavy atom. The Labute approximate surface area is 103 Å². The molecule has 1 aliphatic heterocycles. The molecule has 0 aromatic heterocycles. The van der Waals surface area contributed by atoms with Crippen LogP contribution in [0.5, 0.6) is 0 Å². The van der Waals surface area contributed by atoms with E-state index in [9.17, 15) is 8.42 Å². The molecule has 2 nitrogen and oxygen atoms in total. The van der Waals surface area contributed by atoms with Gasteiger partial charge in [-0.2, -0.15) is 0 Å². The molecule has 17 heavy (non-hydrogen) atoms. The molecular weight excluding hydrogens is 232 g/mol. The predicted octanol–water partition coefficient (Wildman–Crippen LogP) is 3.45. The maximum absolute atomic E-state index is 12.2.